The zero-order valence-corrected chi connectivity index (χ0v) is 25.5. The molecule has 0 aliphatic carbocycles. The maximum atomic E-state index is 13.5. The van der Waals surface area contributed by atoms with Crippen molar-refractivity contribution in [2.45, 2.75) is 65.8 Å². The van der Waals surface area contributed by atoms with E-state index in [1.54, 1.807) is 9.47 Å². The lowest BCUT2D eigenvalue weighted by Crippen LogP contribution is -2.48. The van der Waals surface area contributed by atoms with Crippen molar-refractivity contribution in [2.75, 3.05) is 42.5 Å². The zero-order valence-electron chi connectivity index (χ0n) is 23.8. The molecule has 0 atom stereocenters. The first-order valence-corrected chi connectivity index (χ1v) is 15.6. The number of pyridine rings is 1. The van der Waals surface area contributed by atoms with Gasteiger partial charge >= 0.3 is 0 Å². The van der Waals surface area contributed by atoms with Crippen molar-refractivity contribution < 1.29 is 4.79 Å². The summed E-state index contributed by atoms with van der Waals surface area (Å²) >= 11 is 6.92. The molecule has 0 unspecified atom stereocenters. The number of rotatable bonds is 11. The quantitative estimate of drug-likeness (QED) is 0.186. The number of benzene rings is 1. The van der Waals surface area contributed by atoms with Crippen molar-refractivity contribution in [2.24, 2.45) is 0 Å². The second-order valence-corrected chi connectivity index (χ2v) is 12.0. The van der Waals surface area contributed by atoms with E-state index >= 15 is 0 Å². The van der Waals surface area contributed by atoms with Gasteiger partial charge in [-0.15, -0.1) is 0 Å². The summed E-state index contributed by atoms with van der Waals surface area (Å²) in [4.78, 5) is 33.8. The summed E-state index contributed by atoms with van der Waals surface area (Å²) in [5.74, 6) is 0.706. The standard InChI is InChI=1S/C31H39N5O2S2/c1-4-6-7-8-12-16-36-30(38)27(40-31(36)39)21-25-23(3)26(22-32)29(37)35(15-5-2)28(25)34-19-17-33(18-20-34)24-13-10-9-11-14-24/h9-11,13-14,21H,4-8,12,15-20H2,1-3H3/b27-21+. The fraction of sp³-hybridized carbons (Fsp3) is 0.484. The summed E-state index contributed by atoms with van der Waals surface area (Å²) in [6.45, 7) is 10.2. The second kappa shape index (κ2) is 14.0. The van der Waals surface area contributed by atoms with E-state index in [2.05, 4.69) is 34.9 Å². The SMILES string of the molecule is CCCCCCCN1C(=O)/C(=C\c2c(C)c(C#N)c(=O)n(CCC)c2N2CCN(c3ccccc3)CC2)SC1=S. The van der Waals surface area contributed by atoms with E-state index < -0.39 is 0 Å². The van der Waals surface area contributed by atoms with E-state index in [1.807, 2.05) is 38.1 Å². The van der Waals surface area contributed by atoms with Crippen LogP contribution >= 0.6 is 24.0 Å². The zero-order chi connectivity index (χ0) is 28.6. The van der Waals surface area contributed by atoms with Gasteiger partial charge in [-0.05, 0) is 43.5 Å². The van der Waals surface area contributed by atoms with Crippen molar-refractivity contribution in [1.29, 1.82) is 5.26 Å². The number of carbonyl (C=O) groups excluding carboxylic acids is 1. The summed E-state index contributed by atoms with van der Waals surface area (Å²) in [6.07, 6.45) is 8.18. The smallest absolute Gasteiger partial charge is 0.270 e. The van der Waals surface area contributed by atoms with Crippen molar-refractivity contribution in [3.8, 4) is 6.07 Å². The molecular formula is C31H39N5O2S2. The Bertz CT molecular complexity index is 1350. The Hall–Kier alpha value is -3.09. The Kier molecular flexibility index (Phi) is 10.5. The third kappa shape index (κ3) is 6.45. The predicted molar refractivity (Wildman–Crippen MR) is 170 cm³/mol. The van der Waals surface area contributed by atoms with Crippen LogP contribution < -0.4 is 15.4 Å². The number of hydrogen-bond donors (Lipinski definition) is 0. The number of nitrogens with zero attached hydrogens (tertiary/aromatic N) is 5. The van der Waals surface area contributed by atoms with E-state index in [9.17, 15) is 14.9 Å². The minimum Gasteiger partial charge on any atom is -0.368 e. The molecule has 40 heavy (non-hydrogen) atoms. The van der Waals surface area contributed by atoms with Crippen LogP contribution in [0.1, 0.15) is 69.1 Å². The lowest BCUT2D eigenvalue weighted by Gasteiger charge is -2.39. The normalized spacial score (nSPS) is 16.8. The van der Waals surface area contributed by atoms with Crippen molar-refractivity contribution in [3.63, 3.8) is 0 Å². The lowest BCUT2D eigenvalue weighted by molar-refractivity contribution is -0.122. The van der Waals surface area contributed by atoms with Crippen LogP contribution in [0.5, 0.6) is 0 Å². The number of thioether (sulfide) groups is 1. The number of nitriles is 1. The molecule has 1 aromatic carbocycles. The minimum atomic E-state index is -0.265. The number of amides is 1. The Balaban J connectivity index is 1.68. The Morgan fingerprint density at radius 3 is 2.27 bits per heavy atom. The Labute approximate surface area is 247 Å². The van der Waals surface area contributed by atoms with Gasteiger partial charge in [-0.3, -0.25) is 19.1 Å². The molecule has 0 bridgehead atoms. The third-order valence-electron chi connectivity index (χ3n) is 7.63. The van der Waals surface area contributed by atoms with Gasteiger partial charge in [0.2, 0.25) is 0 Å². The van der Waals surface area contributed by atoms with Gasteiger partial charge in [0, 0.05) is 50.5 Å². The summed E-state index contributed by atoms with van der Waals surface area (Å²) in [7, 11) is 0. The molecule has 1 aromatic heterocycles. The topological polar surface area (TPSA) is 72.6 Å². The van der Waals surface area contributed by atoms with Crippen LogP contribution in [0.25, 0.3) is 6.08 Å². The molecule has 2 aliphatic heterocycles. The summed E-state index contributed by atoms with van der Waals surface area (Å²) in [6, 6.07) is 12.5. The molecule has 3 heterocycles. The number of para-hydroxylation sites is 1. The van der Waals surface area contributed by atoms with Crippen LogP contribution in [0.15, 0.2) is 40.0 Å². The molecule has 2 saturated heterocycles. The molecule has 212 valence electrons. The molecule has 9 heteroatoms. The van der Waals surface area contributed by atoms with Gasteiger partial charge in [-0.2, -0.15) is 5.26 Å². The average molecular weight is 578 g/mol. The van der Waals surface area contributed by atoms with Gasteiger partial charge in [0.05, 0.1) is 4.91 Å². The molecule has 0 N–H and O–H groups in total. The van der Waals surface area contributed by atoms with E-state index in [0.29, 0.717) is 27.9 Å². The van der Waals surface area contributed by atoms with Gasteiger partial charge in [0.25, 0.3) is 11.5 Å². The molecule has 4 rings (SSSR count). The van der Waals surface area contributed by atoms with Gasteiger partial charge in [-0.1, -0.05) is 81.7 Å². The number of thiocarbonyl (C=S) groups is 1. The maximum Gasteiger partial charge on any atom is 0.270 e. The highest BCUT2D eigenvalue weighted by atomic mass is 32.2. The summed E-state index contributed by atoms with van der Waals surface area (Å²) < 4.78 is 2.31. The van der Waals surface area contributed by atoms with Crippen LogP contribution in [0.3, 0.4) is 0 Å². The molecule has 7 nitrogen and oxygen atoms in total. The first kappa shape index (κ1) is 29.9. The monoisotopic (exact) mass is 577 g/mol. The molecule has 0 radical (unpaired) electrons. The summed E-state index contributed by atoms with van der Waals surface area (Å²) in [5.41, 5.74) is 2.44. The molecule has 0 saturated carbocycles. The van der Waals surface area contributed by atoms with Gasteiger partial charge in [0.1, 0.15) is 21.8 Å². The highest BCUT2D eigenvalue weighted by molar-refractivity contribution is 8.26. The van der Waals surface area contributed by atoms with Crippen molar-refractivity contribution >= 4 is 51.8 Å². The van der Waals surface area contributed by atoms with E-state index in [4.69, 9.17) is 12.2 Å². The van der Waals surface area contributed by atoms with E-state index in [0.717, 1.165) is 63.2 Å². The predicted octanol–water partition coefficient (Wildman–Crippen LogP) is 5.94. The number of hydrogen-bond acceptors (Lipinski definition) is 7. The van der Waals surface area contributed by atoms with Crippen LogP contribution in [0.2, 0.25) is 0 Å². The van der Waals surface area contributed by atoms with Crippen LogP contribution in [0.4, 0.5) is 11.5 Å². The van der Waals surface area contributed by atoms with Gasteiger partial charge in [-0.25, -0.2) is 0 Å². The Morgan fingerprint density at radius 1 is 0.950 bits per heavy atom. The van der Waals surface area contributed by atoms with Crippen molar-refractivity contribution in [1.82, 2.24) is 9.47 Å². The van der Waals surface area contributed by atoms with Crippen LogP contribution in [-0.4, -0.2) is 52.4 Å². The molecule has 2 aromatic rings. The second-order valence-electron chi connectivity index (χ2n) is 10.4. The molecule has 2 aliphatic rings. The molecule has 0 spiro atoms. The van der Waals surface area contributed by atoms with Crippen molar-refractivity contribution in [3.05, 3.63) is 62.3 Å². The molecular weight excluding hydrogens is 539 g/mol. The first-order valence-electron chi connectivity index (χ1n) is 14.4. The van der Waals surface area contributed by atoms with E-state index in [1.165, 1.54) is 30.3 Å². The van der Waals surface area contributed by atoms with E-state index in [-0.39, 0.29) is 17.0 Å². The first-order chi connectivity index (χ1) is 19.4. The maximum absolute atomic E-state index is 13.5. The number of carbonyl (C=O) groups is 1. The summed E-state index contributed by atoms with van der Waals surface area (Å²) in [5, 5.41) is 9.93. The highest BCUT2D eigenvalue weighted by Gasteiger charge is 2.33. The van der Waals surface area contributed by atoms with Crippen LogP contribution in [-0.2, 0) is 11.3 Å². The number of aromatic nitrogens is 1. The minimum absolute atomic E-state index is 0.0866. The Morgan fingerprint density at radius 2 is 1.62 bits per heavy atom. The number of piperazine rings is 1. The molecule has 2 fully saturated rings. The highest BCUT2D eigenvalue weighted by Crippen LogP contribution is 2.36. The third-order valence-corrected chi connectivity index (χ3v) is 9.01. The average Bonchev–Trinajstić information content (AvgIpc) is 3.23. The lowest BCUT2D eigenvalue weighted by atomic mass is 10.0. The fourth-order valence-corrected chi connectivity index (χ4v) is 6.72. The number of anilines is 2. The number of unbranched alkanes of at least 4 members (excludes halogenated alkanes) is 4. The molecule has 1 amide bonds. The van der Waals surface area contributed by atoms with Crippen LogP contribution in [0, 0.1) is 18.3 Å². The largest absolute Gasteiger partial charge is 0.368 e. The van der Waals surface area contributed by atoms with Gasteiger partial charge < -0.3 is 9.80 Å². The van der Waals surface area contributed by atoms with Gasteiger partial charge in [0.15, 0.2) is 0 Å². The fourth-order valence-electron chi connectivity index (χ4n) is 5.43.